The third-order valence-corrected chi connectivity index (χ3v) is 3.49. The summed E-state index contributed by atoms with van der Waals surface area (Å²) in [6, 6.07) is 9.79. The smallest absolute Gasteiger partial charge is 0.320 e. The summed E-state index contributed by atoms with van der Waals surface area (Å²) in [6.45, 7) is 3.02. The van der Waals surface area contributed by atoms with Gasteiger partial charge in [0, 0.05) is 13.2 Å². The molecule has 1 fully saturated rings. The molecule has 0 saturated carbocycles. The van der Waals surface area contributed by atoms with Gasteiger partial charge < -0.3 is 9.84 Å². The highest BCUT2D eigenvalue weighted by Gasteiger charge is 2.29. The third kappa shape index (κ3) is 4.33. The Balaban J connectivity index is 1.60. The highest BCUT2D eigenvalue weighted by Crippen LogP contribution is 2.17. The lowest BCUT2D eigenvalue weighted by Gasteiger charge is -2.20. The predicted octanol–water partition coefficient (Wildman–Crippen LogP) is 2.14. The summed E-state index contributed by atoms with van der Waals surface area (Å²) in [5, 5.41) is 9.06. The number of rotatable bonds is 7. The molecule has 1 aliphatic heterocycles. The van der Waals surface area contributed by atoms with Crippen LogP contribution in [0.25, 0.3) is 0 Å². The van der Waals surface area contributed by atoms with E-state index >= 15 is 0 Å². The number of carbonyl (C=O) groups is 1. The van der Waals surface area contributed by atoms with Crippen molar-refractivity contribution in [3.63, 3.8) is 0 Å². The maximum Gasteiger partial charge on any atom is 0.320 e. The van der Waals surface area contributed by atoms with Crippen LogP contribution < -0.4 is 0 Å². The van der Waals surface area contributed by atoms with Gasteiger partial charge in [0.05, 0.1) is 6.61 Å². The normalized spacial score (nSPS) is 19.7. The summed E-state index contributed by atoms with van der Waals surface area (Å²) in [4.78, 5) is 13.1. The second kappa shape index (κ2) is 7.26. The molecule has 1 unspecified atom stereocenters. The van der Waals surface area contributed by atoms with E-state index in [1.54, 1.807) is 0 Å². The van der Waals surface area contributed by atoms with Crippen LogP contribution in [-0.4, -0.2) is 41.7 Å². The number of nitrogens with zero attached hydrogens (tertiary/aromatic N) is 1. The summed E-state index contributed by atoms with van der Waals surface area (Å²) < 4.78 is 5.60. The van der Waals surface area contributed by atoms with Gasteiger partial charge in [0.1, 0.15) is 6.04 Å². The van der Waals surface area contributed by atoms with Crippen LogP contribution in [-0.2, 0) is 16.1 Å². The van der Waals surface area contributed by atoms with E-state index in [1.165, 1.54) is 5.56 Å². The fourth-order valence-electron chi connectivity index (χ4n) is 2.51. The summed E-state index contributed by atoms with van der Waals surface area (Å²) >= 11 is 0. The minimum Gasteiger partial charge on any atom is -0.480 e. The van der Waals surface area contributed by atoms with E-state index in [0.29, 0.717) is 13.2 Å². The number of carboxylic acid groups (broad SMARTS) is 1. The topological polar surface area (TPSA) is 49.8 Å². The van der Waals surface area contributed by atoms with Crippen molar-refractivity contribution in [3.8, 4) is 0 Å². The van der Waals surface area contributed by atoms with Gasteiger partial charge in [0.15, 0.2) is 0 Å². The molecule has 1 N–H and O–H groups in total. The average Bonchev–Trinajstić information content (AvgIpc) is 2.88. The summed E-state index contributed by atoms with van der Waals surface area (Å²) in [6.07, 6.45) is 2.65. The van der Waals surface area contributed by atoms with Crippen molar-refractivity contribution >= 4 is 5.97 Å². The van der Waals surface area contributed by atoms with Gasteiger partial charge in [-0.1, -0.05) is 30.3 Å². The van der Waals surface area contributed by atoms with E-state index in [9.17, 15) is 4.79 Å². The minimum atomic E-state index is -0.692. The molecule has 1 aromatic rings. The lowest BCUT2D eigenvalue weighted by molar-refractivity contribution is -0.142. The number of carboxylic acids is 1. The average molecular weight is 263 g/mol. The molecule has 0 radical (unpaired) electrons. The first kappa shape index (κ1) is 14.0. The molecule has 1 aromatic carbocycles. The quantitative estimate of drug-likeness (QED) is 0.766. The molecule has 0 amide bonds. The molecule has 2 rings (SSSR count). The van der Waals surface area contributed by atoms with Crippen molar-refractivity contribution in [2.45, 2.75) is 31.9 Å². The van der Waals surface area contributed by atoms with Gasteiger partial charge >= 0.3 is 5.97 Å². The Labute approximate surface area is 114 Å². The minimum absolute atomic E-state index is 0.283. The lowest BCUT2D eigenvalue weighted by atomic mass is 10.2. The van der Waals surface area contributed by atoms with Gasteiger partial charge in [-0.05, 0) is 31.4 Å². The van der Waals surface area contributed by atoms with Crippen LogP contribution >= 0.6 is 0 Å². The first-order chi connectivity index (χ1) is 9.27. The van der Waals surface area contributed by atoms with Crippen LogP contribution in [0.3, 0.4) is 0 Å². The Morgan fingerprint density at radius 1 is 1.37 bits per heavy atom. The zero-order valence-electron chi connectivity index (χ0n) is 11.1. The summed E-state index contributed by atoms with van der Waals surface area (Å²) in [7, 11) is 0. The Morgan fingerprint density at radius 2 is 2.16 bits per heavy atom. The molecule has 0 aliphatic carbocycles. The second-order valence-corrected chi connectivity index (χ2v) is 4.92. The number of ether oxygens (including phenoxy) is 1. The first-order valence-corrected chi connectivity index (χ1v) is 6.86. The number of likely N-dealkylation sites (tertiary alicyclic amines) is 1. The molecule has 4 heteroatoms. The molecule has 1 saturated heterocycles. The Morgan fingerprint density at radius 3 is 2.89 bits per heavy atom. The van der Waals surface area contributed by atoms with Crippen LogP contribution in [0.15, 0.2) is 30.3 Å². The highest BCUT2D eigenvalue weighted by molar-refractivity contribution is 5.73. The fraction of sp³-hybridized carbons (Fsp3) is 0.533. The van der Waals surface area contributed by atoms with Gasteiger partial charge in [-0.2, -0.15) is 0 Å². The zero-order chi connectivity index (χ0) is 13.5. The van der Waals surface area contributed by atoms with E-state index < -0.39 is 5.97 Å². The Hall–Kier alpha value is -1.39. The number of aliphatic carboxylic acids is 1. The van der Waals surface area contributed by atoms with Crippen molar-refractivity contribution < 1.29 is 14.6 Å². The summed E-state index contributed by atoms with van der Waals surface area (Å²) in [5.74, 6) is -0.692. The summed E-state index contributed by atoms with van der Waals surface area (Å²) in [5.41, 5.74) is 1.17. The van der Waals surface area contributed by atoms with Crippen molar-refractivity contribution in [3.05, 3.63) is 35.9 Å². The maximum atomic E-state index is 11.0. The van der Waals surface area contributed by atoms with Crippen molar-refractivity contribution in [2.24, 2.45) is 0 Å². The van der Waals surface area contributed by atoms with Crippen LogP contribution in [0.5, 0.6) is 0 Å². The highest BCUT2D eigenvalue weighted by atomic mass is 16.5. The van der Waals surface area contributed by atoms with Crippen molar-refractivity contribution in [1.29, 1.82) is 0 Å². The standard InChI is InChI=1S/C15H21NO3/c17-15(18)14-8-4-9-16(14)10-5-11-19-12-13-6-2-1-3-7-13/h1-3,6-7,14H,4-5,8-12H2,(H,17,18). The van der Waals surface area contributed by atoms with E-state index in [1.807, 2.05) is 35.2 Å². The van der Waals surface area contributed by atoms with E-state index in [2.05, 4.69) is 0 Å². The van der Waals surface area contributed by atoms with Crippen LogP contribution in [0.1, 0.15) is 24.8 Å². The van der Waals surface area contributed by atoms with Crippen LogP contribution in [0, 0.1) is 0 Å². The molecule has 1 aliphatic rings. The van der Waals surface area contributed by atoms with Crippen LogP contribution in [0.2, 0.25) is 0 Å². The molecule has 4 nitrogen and oxygen atoms in total. The predicted molar refractivity (Wildman–Crippen MR) is 72.9 cm³/mol. The monoisotopic (exact) mass is 263 g/mol. The van der Waals surface area contributed by atoms with Gasteiger partial charge in [-0.25, -0.2) is 0 Å². The molecule has 1 heterocycles. The molecule has 104 valence electrons. The molecule has 1 atom stereocenters. The molecule has 19 heavy (non-hydrogen) atoms. The van der Waals surface area contributed by atoms with Gasteiger partial charge in [0.2, 0.25) is 0 Å². The van der Waals surface area contributed by atoms with Gasteiger partial charge in [-0.3, -0.25) is 9.69 Å². The fourth-order valence-corrected chi connectivity index (χ4v) is 2.51. The molecule has 0 spiro atoms. The SMILES string of the molecule is O=C(O)C1CCCN1CCCOCc1ccccc1. The second-order valence-electron chi connectivity index (χ2n) is 4.92. The lowest BCUT2D eigenvalue weighted by Crippen LogP contribution is -2.36. The molecule has 0 aromatic heterocycles. The van der Waals surface area contributed by atoms with E-state index in [-0.39, 0.29) is 6.04 Å². The van der Waals surface area contributed by atoms with Crippen molar-refractivity contribution in [2.75, 3.05) is 19.7 Å². The third-order valence-electron chi connectivity index (χ3n) is 3.49. The van der Waals surface area contributed by atoms with E-state index in [4.69, 9.17) is 9.84 Å². The maximum absolute atomic E-state index is 11.0. The van der Waals surface area contributed by atoms with Crippen LogP contribution in [0.4, 0.5) is 0 Å². The van der Waals surface area contributed by atoms with Crippen molar-refractivity contribution in [1.82, 2.24) is 4.90 Å². The number of hydrogen-bond acceptors (Lipinski definition) is 3. The van der Waals surface area contributed by atoms with Gasteiger partial charge in [-0.15, -0.1) is 0 Å². The largest absolute Gasteiger partial charge is 0.480 e. The van der Waals surface area contributed by atoms with E-state index in [0.717, 1.165) is 32.4 Å². The van der Waals surface area contributed by atoms with Gasteiger partial charge in [0.25, 0.3) is 0 Å². The number of benzene rings is 1. The number of hydrogen-bond donors (Lipinski definition) is 1. The first-order valence-electron chi connectivity index (χ1n) is 6.86. The zero-order valence-corrected chi connectivity index (χ0v) is 11.1. The molecular formula is C15H21NO3. The Bertz CT molecular complexity index is 394. The molecular weight excluding hydrogens is 242 g/mol. The Kier molecular flexibility index (Phi) is 5.36. The molecule has 0 bridgehead atoms.